The Bertz CT molecular complexity index is 594. The minimum absolute atomic E-state index is 0.392. The van der Waals surface area contributed by atoms with Crippen molar-refractivity contribution in [2.45, 2.75) is 13.5 Å². The zero-order chi connectivity index (χ0) is 13.8. The van der Waals surface area contributed by atoms with Crippen LogP contribution in [0, 0.1) is 0 Å². The minimum Gasteiger partial charge on any atom is -0.366 e. The van der Waals surface area contributed by atoms with Gasteiger partial charge < -0.3 is 11.1 Å². The summed E-state index contributed by atoms with van der Waals surface area (Å²) in [6, 6.07) is 6.01. The van der Waals surface area contributed by atoms with Gasteiger partial charge in [-0.15, -0.1) is 0 Å². The van der Waals surface area contributed by atoms with Crippen molar-refractivity contribution in [3.63, 3.8) is 0 Å². The van der Waals surface area contributed by atoms with Crippen LogP contribution in [0.4, 0.5) is 0 Å². The molecular formula is C13H15BrN4O. The number of nitrogens with two attached hydrogens (primary N) is 1. The summed E-state index contributed by atoms with van der Waals surface area (Å²) in [7, 11) is 0. The lowest BCUT2D eigenvalue weighted by molar-refractivity contribution is 0.100. The fourth-order valence-electron chi connectivity index (χ4n) is 1.70. The molecule has 2 rings (SSSR count). The molecule has 19 heavy (non-hydrogen) atoms. The molecule has 0 aliphatic carbocycles. The average Bonchev–Trinajstić information content (AvgIpc) is 2.86. The monoisotopic (exact) mass is 322 g/mol. The summed E-state index contributed by atoms with van der Waals surface area (Å²) in [5.74, 6) is -0.480. The van der Waals surface area contributed by atoms with Gasteiger partial charge in [0.05, 0.1) is 17.4 Å². The first-order chi connectivity index (χ1) is 9.11. The van der Waals surface area contributed by atoms with E-state index in [1.54, 1.807) is 10.9 Å². The van der Waals surface area contributed by atoms with E-state index < -0.39 is 5.91 Å². The summed E-state index contributed by atoms with van der Waals surface area (Å²) in [5, 5.41) is 7.40. The maximum absolute atomic E-state index is 11.1. The number of nitrogens with one attached hydrogen (secondary N) is 1. The Hall–Kier alpha value is -1.66. The Balaban J connectivity index is 2.26. The van der Waals surface area contributed by atoms with Gasteiger partial charge in [0.1, 0.15) is 0 Å². The van der Waals surface area contributed by atoms with Gasteiger partial charge in [0.25, 0.3) is 5.91 Å². The summed E-state index contributed by atoms with van der Waals surface area (Å²) in [6.45, 7) is 3.82. The number of carbonyl (C=O) groups excluding carboxylic acids is 1. The molecule has 0 spiro atoms. The number of benzene rings is 1. The van der Waals surface area contributed by atoms with E-state index in [1.165, 1.54) is 11.8 Å². The Morgan fingerprint density at radius 3 is 2.89 bits per heavy atom. The van der Waals surface area contributed by atoms with Crippen LogP contribution in [0.1, 0.15) is 22.8 Å². The van der Waals surface area contributed by atoms with Gasteiger partial charge in [-0.25, -0.2) is 4.68 Å². The first kappa shape index (κ1) is 13.8. The molecule has 0 unspecified atom stereocenters. The van der Waals surface area contributed by atoms with Gasteiger partial charge >= 0.3 is 0 Å². The molecule has 1 heterocycles. The summed E-state index contributed by atoms with van der Waals surface area (Å²) in [4.78, 5) is 11.1. The van der Waals surface area contributed by atoms with Crippen LogP contribution in [0.15, 0.2) is 35.1 Å². The van der Waals surface area contributed by atoms with E-state index in [4.69, 9.17) is 5.73 Å². The number of halogens is 1. The second kappa shape index (κ2) is 5.99. The Labute approximate surface area is 119 Å². The fourth-order valence-corrected chi connectivity index (χ4v) is 2.31. The summed E-state index contributed by atoms with van der Waals surface area (Å²) in [5.41, 5.74) is 7.65. The minimum atomic E-state index is -0.480. The lowest BCUT2D eigenvalue weighted by Crippen LogP contribution is -2.11. The summed E-state index contributed by atoms with van der Waals surface area (Å²) >= 11 is 3.52. The molecule has 6 heteroatoms. The van der Waals surface area contributed by atoms with E-state index in [1.807, 2.05) is 18.2 Å². The van der Waals surface area contributed by atoms with Crippen molar-refractivity contribution in [2.24, 2.45) is 5.73 Å². The summed E-state index contributed by atoms with van der Waals surface area (Å²) in [6.07, 6.45) is 3.08. The Kier molecular flexibility index (Phi) is 4.34. The van der Waals surface area contributed by atoms with Crippen LogP contribution in [0.3, 0.4) is 0 Å². The first-order valence-electron chi connectivity index (χ1n) is 5.95. The molecule has 1 aromatic heterocycles. The lowest BCUT2D eigenvalue weighted by atomic mass is 10.2. The molecule has 0 aliphatic heterocycles. The smallest absolute Gasteiger partial charge is 0.251 e. The van der Waals surface area contributed by atoms with Crippen molar-refractivity contribution in [2.75, 3.05) is 6.54 Å². The third kappa shape index (κ3) is 3.21. The van der Waals surface area contributed by atoms with Crippen molar-refractivity contribution in [3.05, 3.63) is 46.2 Å². The van der Waals surface area contributed by atoms with Crippen molar-refractivity contribution in [3.8, 4) is 5.69 Å². The largest absolute Gasteiger partial charge is 0.366 e. The molecule has 100 valence electrons. The molecule has 1 aromatic carbocycles. The molecule has 1 amide bonds. The number of primary amides is 1. The highest BCUT2D eigenvalue weighted by molar-refractivity contribution is 9.10. The topological polar surface area (TPSA) is 72.9 Å². The Morgan fingerprint density at radius 2 is 2.32 bits per heavy atom. The quantitative estimate of drug-likeness (QED) is 0.882. The molecule has 3 N–H and O–H groups in total. The zero-order valence-electron chi connectivity index (χ0n) is 10.6. The highest BCUT2D eigenvalue weighted by atomic mass is 79.9. The SMILES string of the molecule is CCNCc1ccc(-n2cc(C(N)=O)cn2)c(Br)c1. The number of hydrogen-bond donors (Lipinski definition) is 2. The van der Waals surface area contributed by atoms with Gasteiger partial charge in [-0.2, -0.15) is 5.10 Å². The van der Waals surface area contributed by atoms with E-state index in [0.717, 1.165) is 23.2 Å². The predicted molar refractivity (Wildman–Crippen MR) is 77.2 cm³/mol. The highest BCUT2D eigenvalue weighted by Gasteiger charge is 2.08. The third-order valence-corrected chi connectivity index (χ3v) is 3.34. The molecule has 0 saturated heterocycles. The normalized spacial score (nSPS) is 10.6. The van der Waals surface area contributed by atoms with Gasteiger partial charge in [0.15, 0.2) is 0 Å². The van der Waals surface area contributed by atoms with E-state index in [-0.39, 0.29) is 0 Å². The summed E-state index contributed by atoms with van der Waals surface area (Å²) < 4.78 is 2.54. The van der Waals surface area contributed by atoms with Crippen LogP contribution in [0.5, 0.6) is 0 Å². The first-order valence-corrected chi connectivity index (χ1v) is 6.75. The van der Waals surface area contributed by atoms with Crippen LogP contribution in [0.2, 0.25) is 0 Å². The molecule has 0 atom stereocenters. The van der Waals surface area contributed by atoms with Crippen LogP contribution in [0.25, 0.3) is 5.69 Å². The van der Waals surface area contributed by atoms with E-state index in [0.29, 0.717) is 5.56 Å². The molecule has 0 radical (unpaired) electrons. The van der Waals surface area contributed by atoms with Crippen molar-refractivity contribution in [1.82, 2.24) is 15.1 Å². The van der Waals surface area contributed by atoms with Crippen LogP contribution in [-0.4, -0.2) is 22.2 Å². The average molecular weight is 323 g/mol. The number of hydrogen-bond acceptors (Lipinski definition) is 3. The molecule has 0 saturated carbocycles. The maximum Gasteiger partial charge on any atom is 0.251 e. The molecule has 0 aliphatic rings. The van der Waals surface area contributed by atoms with Crippen molar-refractivity contribution >= 4 is 21.8 Å². The number of amides is 1. The van der Waals surface area contributed by atoms with Crippen molar-refractivity contribution < 1.29 is 4.79 Å². The lowest BCUT2D eigenvalue weighted by Gasteiger charge is -2.07. The zero-order valence-corrected chi connectivity index (χ0v) is 12.1. The predicted octanol–water partition coefficient (Wildman–Crippen LogP) is 1.84. The van der Waals surface area contributed by atoms with Crippen molar-refractivity contribution in [1.29, 1.82) is 0 Å². The van der Waals surface area contributed by atoms with Crippen LogP contribution >= 0.6 is 15.9 Å². The van der Waals surface area contributed by atoms with E-state index in [2.05, 4.69) is 33.3 Å². The highest BCUT2D eigenvalue weighted by Crippen LogP contribution is 2.22. The molecule has 0 fully saturated rings. The van der Waals surface area contributed by atoms with E-state index in [9.17, 15) is 4.79 Å². The number of rotatable bonds is 5. The maximum atomic E-state index is 11.1. The van der Waals surface area contributed by atoms with Gasteiger partial charge in [0.2, 0.25) is 0 Å². The van der Waals surface area contributed by atoms with Crippen LogP contribution < -0.4 is 11.1 Å². The number of carbonyl (C=O) groups is 1. The molecule has 5 nitrogen and oxygen atoms in total. The van der Waals surface area contributed by atoms with Crippen LogP contribution in [-0.2, 0) is 6.54 Å². The van der Waals surface area contributed by atoms with Gasteiger partial charge in [0, 0.05) is 17.2 Å². The second-order valence-corrected chi connectivity index (χ2v) is 4.96. The molecule has 2 aromatic rings. The standard InChI is InChI=1S/C13H15BrN4O/c1-2-16-6-9-3-4-12(11(14)5-9)18-8-10(7-17-18)13(15)19/h3-5,7-8,16H,2,6H2,1H3,(H2,15,19). The second-order valence-electron chi connectivity index (χ2n) is 4.10. The number of aromatic nitrogens is 2. The third-order valence-electron chi connectivity index (χ3n) is 2.71. The number of nitrogens with zero attached hydrogens (tertiary/aromatic N) is 2. The Morgan fingerprint density at radius 1 is 1.53 bits per heavy atom. The van der Waals surface area contributed by atoms with Gasteiger partial charge in [-0.1, -0.05) is 13.0 Å². The van der Waals surface area contributed by atoms with Gasteiger partial charge in [-0.3, -0.25) is 4.79 Å². The van der Waals surface area contributed by atoms with Gasteiger partial charge in [-0.05, 0) is 40.2 Å². The molecular weight excluding hydrogens is 308 g/mol. The van der Waals surface area contributed by atoms with E-state index >= 15 is 0 Å². The fraction of sp³-hybridized carbons (Fsp3) is 0.231. The molecule has 0 bridgehead atoms.